The molecule has 0 spiro atoms. The maximum absolute atomic E-state index is 12.9. The number of rotatable bonds is 1. The van der Waals surface area contributed by atoms with E-state index in [9.17, 15) is 17.6 Å². The van der Waals surface area contributed by atoms with Crippen LogP contribution in [0, 0.1) is 5.82 Å². The minimum absolute atomic E-state index is 0.0463. The molecule has 0 saturated carbocycles. The predicted octanol–water partition coefficient (Wildman–Crippen LogP) is 3.18. The van der Waals surface area contributed by atoms with Crippen molar-refractivity contribution in [3.63, 3.8) is 0 Å². The Morgan fingerprint density at radius 2 is 1.94 bits per heavy atom. The fraction of sp³-hybridized carbons (Fsp3) is 0.455. The van der Waals surface area contributed by atoms with Gasteiger partial charge in [-0.25, -0.2) is 4.39 Å². The van der Waals surface area contributed by atoms with Gasteiger partial charge in [0, 0.05) is 6.04 Å². The van der Waals surface area contributed by atoms with Crippen molar-refractivity contribution >= 4 is 0 Å². The minimum Gasteiger partial charge on any atom is -0.299 e. The van der Waals surface area contributed by atoms with Crippen molar-refractivity contribution in [2.75, 3.05) is 0 Å². The van der Waals surface area contributed by atoms with Crippen LogP contribution in [0.5, 0.6) is 0 Å². The molecule has 1 aliphatic rings. The lowest BCUT2D eigenvalue weighted by molar-refractivity contribution is -0.152. The summed E-state index contributed by atoms with van der Waals surface area (Å²) < 4.78 is 50.1. The molecule has 1 nitrogen and oxygen atoms in total. The summed E-state index contributed by atoms with van der Waals surface area (Å²) in [7, 11) is 0. The van der Waals surface area contributed by atoms with Crippen molar-refractivity contribution in [3.8, 4) is 0 Å². The second-order valence-electron chi connectivity index (χ2n) is 3.95. The monoisotopic (exact) mass is 233 g/mol. The van der Waals surface area contributed by atoms with Gasteiger partial charge in [-0.05, 0) is 30.5 Å². The molecule has 1 fully saturated rings. The fourth-order valence-electron chi connectivity index (χ4n) is 1.99. The molecule has 1 aromatic carbocycles. The van der Waals surface area contributed by atoms with Crippen molar-refractivity contribution in [2.45, 2.75) is 31.1 Å². The normalized spacial score (nSPS) is 26.0. The first-order valence-electron chi connectivity index (χ1n) is 5.05. The number of halogens is 4. The summed E-state index contributed by atoms with van der Waals surface area (Å²) in [6.45, 7) is 0. The summed E-state index contributed by atoms with van der Waals surface area (Å²) in [5.41, 5.74) is 0.576. The molecule has 0 unspecified atom stereocenters. The highest BCUT2D eigenvalue weighted by Gasteiger charge is 2.44. The zero-order valence-corrected chi connectivity index (χ0v) is 8.39. The molecule has 1 aromatic rings. The second kappa shape index (κ2) is 4.05. The lowest BCUT2D eigenvalue weighted by Gasteiger charge is -2.17. The molecule has 16 heavy (non-hydrogen) atoms. The van der Waals surface area contributed by atoms with Gasteiger partial charge in [0.05, 0.1) is 0 Å². The lowest BCUT2D eigenvalue weighted by atomic mass is 10.1. The molecule has 1 saturated heterocycles. The van der Waals surface area contributed by atoms with Gasteiger partial charge in [0.25, 0.3) is 0 Å². The van der Waals surface area contributed by atoms with Gasteiger partial charge < -0.3 is 0 Å². The first kappa shape index (κ1) is 11.4. The van der Waals surface area contributed by atoms with Crippen LogP contribution in [0.3, 0.4) is 0 Å². The van der Waals surface area contributed by atoms with Crippen molar-refractivity contribution in [1.29, 1.82) is 0 Å². The van der Waals surface area contributed by atoms with Crippen LogP contribution in [0.2, 0.25) is 0 Å². The molecule has 1 heterocycles. The van der Waals surface area contributed by atoms with Gasteiger partial charge in [0.2, 0.25) is 0 Å². The predicted molar refractivity (Wildman–Crippen MR) is 51.4 cm³/mol. The summed E-state index contributed by atoms with van der Waals surface area (Å²) >= 11 is 0. The number of nitrogens with one attached hydrogen (secondary N) is 1. The van der Waals surface area contributed by atoms with E-state index in [1.54, 1.807) is 6.07 Å². The third kappa shape index (κ3) is 2.35. The molecular formula is C11H11F4N. The first-order valence-corrected chi connectivity index (χ1v) is 5.05. The molecule has 1 N–H and O–H groups in total. The van der Waals surface area contributed by atoms with E-state index in [1.807, 2.05) is 0 Å². The maximum Gasteiger partial charge on any atom is 0.403 e. The Morgan fingerprint density at radius 1 is 1.19 bits per heavy atom. The van der Waals surface area contributed by atoms with E-state index >= 15 is 0 Å². The van der Waals surface area contributed by atoms with Gasteiger partial charge in [-0.1, -0.05) is 12.1 Å². The molecule has 0 radical (unpaired) electrons. The summed E-state index contributed by atoms with van der Waals surface area (Å²) in [6.07, 6.45) is -3.79. The topological polar surface area (TPSA) is 12.0 Å². The van der Waals surface area contributed by atoms with Gasteiger partial charge in [-0.15, -0.1) is 0 Å². The van der Waals surface area contributed by atoms with E-state index in [0.29, 0.717) is 12.0 Å². The highest BCUT2D eigenvalue weighted by molar-refractivity contribution is 5.21. The molecule has 0 amide bonds. The van der Waals surface area contributed by atoms with Crippen molar-refractivity contribution < 1.29 is 17.6 Å². The van der Waals surface area contributed by atoms with Crippen LogP contribution in [0.4, 0.5) is 17.6 Å². The second-order valence-corrected chi connectivity index (χ2v) is 3.95. The zero-order valence-electron chi connectivity index (χ0n) is 8.39. The zero-order chi connectivity index (χ0) is 11.8. The van der Waals surface area contributed by atoms with Gasteiger partial charge in [0.1, 0.15) is 11.9 Å². The largest absolute Gasteiger partial charge is 0.403 e. The summed E-state index contributed by atoms with van der Waals surface area (Å²) in [4.78, 5) is 0. The molecule has 0 aromatic heterocycles. The molecule has 5 heteroatoms. The molecule has 1 aliphatic heterocycles. The molecule has 0 bridgehead atoms. The maximum atomic E-state index is 12.9. The Bertz CT molecular complexity index is 374. The van der Waals surface area contributed by atoms with Crippen LogP contribution in [0.1, 0.15) is 24.4 Å². The Hall–Kier alpha value is -1.10. The first-order chi connectivity index (χ1) is 7.47. The van der Waals surface area contributed by atoms with Gasteiger partial charge in [-0.2, -0.15) is 13.2 Å². The van der Waals surface area contributed by atoms with Crippen LogP contribution < -0.4 is 5.32 Å². The molecular weight excluding hydrogens is 222 g/mol. The average Bonchev–Trinajstić information content (AvgIpc) is 2.65. The number of hydrogen-bond acceptors (Lipinski definition) is 1. The standard InChI is InChI=1S/C11H11F4N/c12-8-3-1-2-7(6-8)9-4-5-10(16-9)11(13,14)15/h1-3,6,9-10,16H,4-5H2/t9-,10+/m0/s1. The summed E-state index contributed by atoms with van der Waals surface area (Å²) in [6, 6.07) is 3.83. The summed E-state index contributed by atoms with van der Waals surface area (Å²) in [5.74, 6) is -0.422. The quantitative estimate of drug-likeness (QED) is 0.734. The fourth-order valence-corrected chi connectivity index (χ4v) is 1.99. The van der Waals surface area contributed by atoms with Crippen LogP contribution in [0.25, 0.3) is 0 Å². The van der Waals surface area contributed by atoms with Crippen molar-refractivity contribution in [1.82, 2.24) is 5.32 Å². The average molecular weight is 233 g/mol. The third-order valence-electron chi connectivity index (χ3n) is 2.79. The highest BCUT2D eigenvalue weighted by atomic mass is 19.4. The smallest absolute Gasteiger partial charge is 0.299 e. The van der Waals surface area contributed by atoms with E-state index in [2.05, 4.69) is 5.32 Å². The van der Waals surface area contributed by atoms with E-state index in [1.165, 1.54) is 18.2 Å². The highest BCUT2D eigenvalue weighted by Crippen LogP contribution is 2.34. The lowest BCUT2D eigenvalue weighted by Crippen LogP contribution is -2.38. The van der Waals surface area contributed by atoms with E-state index in [0.717, 1.165) is 0 Å². The van der Waals surface area contributed by atoms with Gasteiger partial charge in [0.15, 0.2) is 0 Å². The Kier molecular flexibility index (Phi) is 2.88. The number of hydrogen-bond donors (Lipinski definition) is 1. The van der Waals surface area contributed by atoms with Crippen LogP contribution in [0.15, 0.2) is 24.3 Å². The van der Waals surface area contributed by atoms with E-state index in [-0.39, 0.29) is 6.42 Å². The van der Waals surface area contributed by atoms with Crippen molar-refractivity contribution in [3.05, 3.63) is 35.6 Å². The summed E-state index contributed by atoms with van der Waals surface area (Å²) in [5, 5.41) is 2.48. The van der Waals surface area contributed by atoms with Gasteiger partial charge in [-0.3, -0.25) is 5.32 Å². The molecule has 0 aliphatic carbocycles. The number of alkyl halides is 3. The van der Waals surface area contributed by atoms with E-state index in [4.69, 9.17) is 0 Å². The molecule has 2 rings (SSSR count). The Morgan fingerprint density at radius 3 is 2.50 bits per heavy atom. The minimum atomic E-state index is -4.22. The Balaban J connectivity index is 2.09. The molecule has 88 valence electrons. The SMILES string of the molecule is Fc1cccc([C@@H]2CC[C@H](C(F)(F)F)N2)c1. The van der Waals surface area contributed by atoms with Crippen LogP contribution >= 0.6 is 0 Å². The molecule has 2 atom stereocenters. The van der Waals surface area contributed by atoms with Crippen molar-refractivity contribution in [2.24, 2.45) is 0 Å². The Labute approximate surface area is 90.5 Å². The van der Waals surface area contributed by atoms with Crippen LogP contribution in [-0.2, 0) is 0 Å². The third-order valence-corrected chi connectivity index (χ3v) is 2.79. The van der Waals surface area contributed by atoms with Crippen LogP contribution in [-0.4, -0.2) is 12.2 Å². The number of benzene rings is 1. The van der Waals surface area contributed by atoms with Gasteiger partial charge >= 0.3 is 6.18 Å². The van der Waals surface area contributed by atoms with E-state index < -0.39 is 24.1 Å².